The number of benzene rings is 1. The van der Waals surface area contributed by atoms with Crippen molar-refractivity contribution in [2.75, 3.05) is 12.4 Å². The minimum atomic E-state index is -3.70. The highest BCUT2D eigenvalue weighted by atomic mass is 32.2. The predicted octanol–water partition coefficient (Wildman–Crippen LogP) is 0.535. The molecule has 2 aromatic rings. The van der Waals surface area contributed by atoms with Crippen molar-refractivity contribution in [3.05, 3.63) is 58.5 Å². The van der Waals surface area contributed by atoms with Gasteiger partial charge in [-0.2, -0.15) is 0 Å². The Hall–Kier alpha value is -2.45. The van der Waals surface area contributed by atoms with Crippen LogP contribution in [0.1, 0.15) is 10.5 Å². The van der Waals surface area contributed by atoms with E-state index in [4.69, 9.17) is 0 Å². The summed E-state index contributed by atoms with van der Waals surface area (Å²) in [5.41, 5.74) is -0.250. The molecular weight excluding hydrogens is 294 g/mol. The van der Waals surface area contributed by atoms with Gasteiger partial charge in [-0.3, -0.25) is 9.59 Å². The highest BCUT2D eigenvalue weighted by Gasteiger charge is 2.18. The van der Waals surface area contributed by atoms with Crippen molar-refractivity contribution in [1.29, 1.82) is 0 Å². The Morgan fingerprint density at radius 2 is 1.81 bits per heavy atom. The van der Waals surface area contributed by atoms with Crippen molar-refractivity contribution in [3.8, 4) is 0 Å². The van der Waals surface area contributed by atoms with E-state index in [1.165, 1.54) is 37.4 Å². The summed E-state index contributed by atoms with van der Waals surface area (Å²) in [5.74, 6) is -0.605. The number of carbonyl (C=O) groups excluding carboxylic acids is 1. The van der Waals surface area contributed by atoms with E-state index in [-0.39, 0.29) is 16.3 Å². The van der Waals surface area contributed by atoms with Crippen LogP contribution in [0.2, 0.25) is 0 Å². The number of anilines is 1. The monoisotopic (exact) mass is 307 g/mol. The zero-order chi connectivity index (χ0) is 15.5. The lowest BCUT2D eigenvalue weighted by molar-refractivity contribution is 0.102. The van der Waals surface area contributed by atoms with Gasteiger partial charge in [0.05, 0.1) is 5.69 Å². The summed E-state index contributed by atoms with van der Waals surface area (Å²) in [6, 6.07) is 10.1. The zero-order valence-corrected chi connectivity index (χ0v) is 11.9. The largest absolute Gasteiger partial charge is 0.319 e. The third-order valence-electron chi connectivity index (χ3n) is 2.71. The molecule has 1 aromatic heterocycles. The first-order valence-corrected chi connectivity index (χ1v) is 7.45. The Bertz CT molecular complexity index is 827. The van der Waals surface area contributed by atoms with Gasteiger partial charge in [-0.15, -0.1) is 0 Å². The van der Waals surface area contributed by atoms with Crippen LogP contribution in [0.5, 0.6) is 0 Å². The summed E-state index contributed by atoms with van der Waals surface area (Å²) >= 11 is 0. The number of pyridine rings is 1. The summed E-state index contributed by atoms with van der Waals surface area (Å²) in [5, 5.41) is 2.47. The molecule has 0 fully saturated rings. The molecule has 2 rings (SSSR count). The Labute approximate surface area is 121 Å². The molecule has 110 valence electrons. The molecule has 0 radical (unpaired) electrons. The molecule has 21 heavy (non-hydrogen) atoms. The summed E-state index contributed by atoms with van der Waals surface area (Å²) in [4.78, 5) is 25.5. The van der Waals surface area contributed by atoms with Crippen LogP contribution in [-0.2, 0) is 10.0 Å². The van der Waals surface area contributed by atoms with E-state index in [9.17, 15) is 18.0 Å². The third-order valence-corrected chi connectivity index (χ3v) is 4.18. The minimum absolute atomic E-state index is 0.0409. The predicted molar refractivity (Wildman–Crippen MR) is 77.7 cm³/mol. The van der Waals surface area contributed by atoms with Gasteiger partial charge < -0.3 is 10.3 Å². The van der Waals surface area contributed by atoms with Crippen LogP contribution < -0.4 is 15.6 Å². The average Bonchev–Trinajstić information content (AvgIpc) is 2.47. The van der Waals surface area contributed by atoms with Gasteiger partial charge in [0, 0.05) is 6.07 Å². The maximum Gasteiger partial charge on any atom is 0.272 e. The molecule has 7 nitrogen and oxygen atoms in total. The molecule has 0 atom stereocenters. The summed E-state index contributed by atoms with van der Waals surface area (Å²) in [6.07, 6.45) is 0. The zero-order valence-electron chi connectivity index (χ0n) is 11.1. The van der Waals surface area contributed by atoms with Gasteiger partial charge in [0.1, 0.15) is 10.6 Å². The number of aromatic nitrogens is 1. The van der Waals surface area contributed by atoms with Crippen LogP contribution >= 0.6 is 0 Å². The number of amides is 1. The quantitative estimate of drug-likeness (QED) is 0.766. The second-order valence-corrected chi connectivity index (χ2v) is 5.94. The van der Waals surface area contributed by atoms with Gasteiger partial charge in [-0.1, -0.05) is 18.2 Å². The van der Waals surface area contributed by atoms with Gasteiger partial charge in [0.2, 0.25) is 15.6 Å². The number of rotatable bonds is 4. The van der Waals surface area contributed by atoms with E-state index < -0.39 is 21.5 Å². The van der Waals surface area contributed by atoms with E-state index in [0.29, 0.717) is 0 Å². The van der Waals surface area contributed by atoms with E-state index in [1.54, 1.807) is 12.1 Å². The molecule has 0 aliphatic carbocycles. The number of para-hydroxylation sites is 1. The van der Waals surface area contributed by atoms with Crippen molar-refractivity contribution in [3.63, 3.8) is 0 Å². The molecule has 0 aliphatic heterocycles. The van der Waals surface area contributed by atoms with Crippen molar-refractivity contribution < 1.29 is 13.2 Å². The second kappa shape index (κ2) is 5.90. The Balaban J connectivity index is 2.37. The topological polar surface area (TPSA) is 108 Å². The van der Waals surface area contributed by atoms with Crippen LogP contribution in [0.25, 0.3) is 0 Å². The Morgan fingerprint density at radius 3 is 2.48 bits per heavy atom. The number of sulfonamides is 1. The number of aromatic amines is 1. The molecule has 1 heterocycles. The Morgan fingerprint density at radius 1 is 1.10 bits per heavy atom. The number of carbonyl (C=O) groups is 1. The smallest absolute Gasteiger partial charge is 0.272 e. The van der Waals surface area contributed by atoms with Crippen LogP contribution in [0.4, 0.5) is 5.69 Å². The van der Waals surface area contributed by atoms with Gasteiger partial charge in [-0.05, 0) is 25.2 Å². The van der Waals surface area contributed by atoms with Crippen molar-refractivity contribution in [2.24, 2.45) is 0 Å². The normalized spacial score (nSPS) is 11.1. The number of hydrogen-bond donors (Lipinski definition) is 3. The summed E-state index contributed by atoms with van der Waals surface area (Å²) in [7, 11) is -2.42. The molecule has 8 heteroatoms. The first-order chi connectivity index (χ1) is 9.94. The first kappa shape index (κ1) is 14.9. The van der Waals surface area contributed by atoms with Crippen LogP contribution in [0, 0.1) is 0 Å². The lowest BCUT2D eigenvalue weighted by Gasteiger charge is -2.10. The maximum atomic E-state index is 12.0. The average molecular weight is 307 g/mol. The molecule has 3 N–H and O–H groups in total. The lowest BCUT2D eigenvalue weighted by Crippen LogP contribution is -2.23. The second-order valence-electron chi connectivity index (χ2n) is 4.09. The van der Waals surface area contributed by atoms with Gasteiger partial charge in [0.25, 0.3) is 5.91 Å². The highest BCUT2D eigenvalue weighted by molar-refractivity contribution is 7.89. The van der Waals surface area contributed by atoms with E-state index in [1.807, 2.05) is 0 Å². The molecule has 0 unspecified atom stereocenters. The number of H-pyrrole nitrogens is 1. The van der Waals surface area contributed by atoms with Gasteiger partial charge >= 0.3 is 0 Å². The molecule has 1 amide bonds. The molecule has 0 saturated carbocycles. The standard InChI is InChI=1S/C13H13N3O4S/c1-14-21(19,20)11-7-3-2-5-9(11)16-13(18)10-6-4-8-12(17)15-10/h2-8,14H,1H3,(H,15,17)(H,16,18). The fourth-order valence-corrected chi connectivity index (χ4v) is 2.57. The summed E-state index contributed by atoms with van der Waals surface area (Å²) in [6.45, 7) is 0. The van der Waals surface area contributed by atoms with Gasteiger partial charge in [-0.25, -0.2) is 13.1 Å². The van der Waals surface area contributed by atoms with Crippen LogP contribution in [-0.4, -0.2) is 26.4 Å². The first-order valence-electron chi connectivity index (χ1n) is 5.97. The third kappa shape index (κ3) is 3.36. The Kier molecular flexibility index (Phi) is 4.20. The van der Waals surface area contributed by atoms with E-state index >= 15 is 0 Å². The molecule has 0 bridgehead atoms. The van der Waals surface area contributed by atoms with Crippen molar-refractivity contribution in [2.45, 2.75) is 4.90 Å². The van der Waals surface area contributed by atoms with E-state index in [2.05, 4.69) is 15.0 Å². The highest BCUT2D eigenvalue weighted by Crippen LogP contribution is 2.20. The molecule has 0 spiro atoms. The summed E-state index contributed by atoms with van der Waals surface area (Å²) < 4.78 is 25.9. The van der Waals surface area contributed by atoms with Crippen molar-refractivity contribution in [1.82, 2.24) is 9.71 Å². The lowest BCUT2D eigenvalue weighted by atomic mass is 10.3. The maximum absolute atomic E-state index is 12.0. The minimum Gasteiger partial charge on any atom is -0.319 e. The van der Waals surface area contributed by atoms with Crippen LogP contribution in [0.15, 0.2) is 52.2 Å². The van der Waals surface area contributed by atoms with E-state index in [0.717, 1.165) is 0 Å². The fraction of sp³-hybridized carbons (Fsp3) is 0.0769. The molecule has 1 aromatic carbocycles. The van der Waals surface area contributed by atoms with Gasteiger partial charge in [0.15, 0.2) is 0 Å². The van der Waals surface area contributed by atoms with Crippen LogP contribution in [0.3, 0.4) is 0 Å². The number of hydrogen-bond acceptors (Lipinski definition) is 4. The molecule has 0 aliphatic rings. The number of nitrogens with one attached hydrogen (secondary N) is 3. The SMILES string of the molecule is CNS(=O)(=O)c1ccccc1NC(=O)c1cccc(=O)[nH]1. The fourth-order valence-electron chi connectivity index (χ4n) is 1.68. The molecule has 0 saturated heterocycles. The molecular formula is C13H13N3O4S. The van der Waals surface area contributed by atoms with Crippen molar-refractivity contribution >= 4 is 21.6 Å².